The normalized spacial score (nSPS) is 19.7. The molecule has 1 saturated heterocycles. The molecule has 13 heteroatoms. The minimum Gasteiger partial charge on any atom is -0.463 e. The highest BCUT2D eigenvalue weighted by Crippen LogP contribution is 2.35. The third-order valence-corrected chi connectivity index (χ3v) is 6.02. The first-order valence-corrected chi connectivity index (χ1v) is 12.1. The van der Waals surface area contributed by atoms with Gasteiger partial charge in [0.25, 0.3) is 5.60 Å². The van der Waals surface area contributed by atoms with Crippen LogP contribution in [0.5, 0.6) is 0 Å². The van der Waals surface area contributed by atoms with Crippen molar-refractivity contribution >= 4 is 40.5 Å². The van der Waals surface area contributed by atoms with Crippen LogP contribution in [0.25, 0.3) is 11.2 Å². The zero-order chi connectivity index (χ0) is 26.6. The van der Waals surface area contributed by atoms with Gasteiger partial charge in [0.05, 0.1) is 32.3 Å². The maximum atomic E-state index is 15.1. The van der Waals surface area contributed by atoms with Gasteiger partial charge in [0.1, 0.15) is 11.7 Å². The Morgan fingerprint density at radius 2 is 1.86 bits per heavy atom. The molecule has 1 aliphatic rings. The van der Waals surface area contributed by atoms with E-state index in [1.54, 1.807) is 44.2 Å². The summed E-state index contributed by atoms with van der Waals surface area (Å²) < 4.78 is 38.8. The van der Waals surface area contributed by atoms with Gasteiger partial charge in [-0.2, -0.15) is 9.97 Å². The van der Waals surface area contributed by atoms with Crippen molar-refractivity contribution in [1.29, 1.82) is 0 Å². The van der Waals surface area contributed by atoms with Gasteiger partial charge >= 0.3 is 11.9 Å². The molecule has 2 aromatic heterocycles. The van der Waals surface area contributed by atoms with E-state index in [9.17, 15) is 9.59 Å². The van der Waals surface area contributed by atoms with E-state index in [-0.39, 0.29) is 54.9 Å². The van der Waals surface area contributed by atoms with Gasteiger partial charge in [0, 0.05) is 12.8 Å². The molecule has 0 amide bonds. The third-order valence-electron chi connectivity index (χ3n) is 5.85. The lowest BCUT2D eigenvalue weighted by Gasteiger charge is -2.30. The number of hydrogen-bond acceptors (Lipinski definition) is 10. The standard InChI is InChI=1S/C24H27ClFN5O6/c1-3-34-21(32)24(22(33)35-4-2,11-14-8-6-5-7-9-14)36-12-15-10-16(26)20(37-15)31-13-28-17-18(27)29-23(25)30-19(17)31/h5-9,13,15-16,20H,3-4,10-12H2,1-2H3,(H2,27,29,30)/t15-,16-,20+/m0/s1. The lowest BCUT2D eigenvalue weighted by atomic mass is 9.94. The third kappa shape index (κ3) is 5.50. The molecule has 0 unspecified atom stereocenters. The highest BCUT2D eigenvalue weighted by molar-refractivity contribution is 6.28. The SMILES string of the molecule is CCOC(=O)C(Cc1ccccc1)(OC[C@@H]1C[C@H](F)[C@H](n2cnc3c(N)nc(Cl)nc32)O1)C(=O)OCC. The summed E-state index contributed by atoms with van der Waals surface area (Å²) in [5, 5.41) is -0.116. The van der Waals surface area contributed by atoms with E-state index in [4.69, 9.17) is 36.3 Å². The number of imidazole rings is 1. The molecule has 3 atom stereocenters. The van der Waals surface area contributed by atoms with E-state index < -0.39 is 36.0 Å². The predicted molar refractivity (Wildman–Crippen MR) is 130 cm³/mol. The maximum Gasteiger partial charge on any atom is 0.350 e. The van der Waals surface area contributed by atoms with E-state index >= 15 is 4.39 Å². The lowest BCUT2D eigenvalue weighted by molar-refractivity contribution is -0.195. The smallest absolute Gasteiger partial charge is 0.350 e. The Kier molecular flexibility index (Phi) is 8.20. The second kappa shape index (κ2) is 11.4. The van der Waals surface area contributed by atoms with E-state index in [0.29, 0.717) is 5.56 Å². The van der Waals surface area contributed by atoms with Crippen molar-refractivity contribution < 1.29 is 32.9 Å². The molecule has 0 radical (unpaired) electrons. The molecule has 3 aromatic rings. The van der Waals surface area contributed by atoms with Crippen LogP contribution in [-0.4, -0.2) is 69.2 Å². The fourth-order valence-electron chi connectivity index (χ4n) is 4.16. The van der Waals surface area contributed by atoms with Gasteiger partial charge in [-0.15, -0.1) is 0 Å². The number of nitrogens with zero attached hydrogens (tertiary/aromatic N) is 4. The van der Waals surface area contributed by atoms with Gasteiger partial charge in [0.2, 0.25) is 5.28 Å². The largest absolute Gasteiger partial charge is 0.463 e. The number of nitrogens with two attached hydrogens (primary N) is 1. The number of esters is 2. The number of fused-ring (bicyclic) bond motifs is 1. The predicted octanol–water partition coefficient (Wildman–Crippen LogP) is 2.81. The fourth-order valence-corrected chi connectivity index (χ4v) is 4.33. The number of rotatable bonds is 10. The molecule has 198 valence electrons. The molecule has 0 bridgehead atoms. The first-order valence-electron chi connectivity index (χ1n) is 11.8. The number of aromatic nitrogens is 4. The molecule has 37 heavy (non-hydrogen) atoms. The van der Waals surface area contributed by atoms with E-state index in [1.165, 1.54) is 10.9 Å². The summed E-state index contributed by atoms with van der Waals surface area (Å²) in [7, 11) is 0. The van der Waals surface area contributed by atoms with Crippen LogP contribution in [0.4, 0.5) is 10.2 Å². The number of carbonyl (C=O) groups is 2. The second-order valence-electron chi connectivity index (χ2n) is 8.34. The zero-order valence-electron chi connectivity index (χ0n) is 20.3. The van der Waals surface area contributed by atoms with Gasteiger partial charge in [-0.25, -0.2) is 19.0 Å². The number of carbonyl (C=O) groups excluding carboxylic acids is 2. The number of benzene rings is 1. The van der Waals surface area contributed by atoms with Crippen molar-refractivity contribution in [3.63, 3.8) is 0 Å². The lowest BCUT2D eigenvalue weighted by Crippen LogP contribution is -2.54. The summed E-state index contributed by atoms with van der Waals surface area (Å²) in [5.41, 5.74) is 4.86. The van der Waals surface area contributed by atoms with Crippen LogP contribution in [0.3, 0.4) is 0 Å². The van der Waals surface area contributed by atoms with Gasteiger partial charge in [-0.05, 0) is 31.0 Å². The average molecular weight is 536 g/mol. The molecular weight excluding hydrogens is 509 g/mol. The number of nitrogen functional groups attached to an aromatic ring is 1. The van der Waals surface area contributed by atoms with Crippen LogP contribution >= 0.6 is 11.6 Å². The van der Waals surface area contributed by atoms with E-state index in [1.807, 2.05) is 0 Å². The Balaban J connectivity index is 1.58. The number of ether oxygens (including phenoxy) is 4. The van der Waals surface area contributed by atoms with Crippen LogP contribution in [0.1, 0.15) is 32.1 Å². The van der Waals surface area contributed by atoms with Crippen molar-refractivity contribution in [1.82, 2.24) is 19.5 Å². The van der Waals surface area contributed by atoms with Crippen molar-refractivity contribution in [2.24, 2.45) is 0 Å². The Bertz CT molecular complexity index is 1240. The first kappa shape index (κ1) is 26.7. The summed E-state index contributed by atoms with van der Waals surface area (Å²) in [6.45, 7) is 2.99. The van der Waals surface area contributed by atoms with E-state index in [2.05, 4.69) is 15.0 Å². The molecule has 2 N–H and O–H groups in total. The molecule has 1 fully saturated rings. The summed E-state index contributed by atoms with van der Waals surface area (Å²) in [6, 6.07) is 8.85. The summed E-state index contributed by atoms with van der Waals surface area (Å²) in [5.74, 6) is -1.74. The summed E-state index contributed by atoms with van der Waals surface area (Å²) >= 11 is 5.92. The second-order valence-corrected chi connectivity index (χ2v) is 8.68. The van der Waals surface area contributed by atoms with Crippen LogP contribution in [0.15, 0.2) is 36.7 Å². The number of anilines is 1. The minimum atomic E-state index is -2.10. The number of alkyl halides is 1. The maximum absolute atomic E-state index is 15.1. The average Bonchev–Trinajstić information content (AvgIpc) is 3.45. The Labute approximate surface area is 217 Å². The highest BCUT2D eigenvalue weighted by Gasteiger charge is 2.52. The quantitative estimate of drug-likeness (QED) is 0.234. The molecule has 3 heterocycles. The Morgan fingerprint density at radius 1 is 1.19 bits per heavy atom. The van der Waals surface area contributed by atoms with Crippen LogP contribution in [-0.2, 0) is 35.0 Å². The Morgan fingerprint density at radius 3 is 2.51 bits per heavy atom. The molecular formula is C24H27ClFN5O6. The zero-order valence-corrected chi connectivity index (χ0v) is 21.1. The van der Waals surface area contributed by atoms with Crippen molar-refractivity contribution in [2.45, 2.75) is 50.8 Å². The van der Waals surface area contributed by atoms with Gasteiger partial charge in [-0.3, -0.25) is 4.57 Å². The van der Waals surface area contributed by atoms with Crippen LogP contribution in [0, 0.1) is 0 Å². The molecule has 11 nitrogen and oxygen atoms in total. The molecule has 4 rings (SSSR count). The molecule has 1 aromatic carbocycles. The Hall–Kier alpha value is -3.35. The van der Waals surface area contributed by atoms with Crippen molar-refractivity contribution in [3.05, 3.63) is 47.5 Å². The monoisotopic (exact) mass is 535 g/mol. The van der Waals surface area contributed by atoms with Gasteiger partial charge < -0.3 is 24.7 Å². The summed E-state index contributed by atoms with van der Waals surface area (Å²) in [4.78, 5) is 38.3. The minimum absolute atomic E-state index is 0.0218. The van der Waals surface area contributed by atoms with Crippen LogP contribution in [0.2, 0.25) is 5.28 Å². The summed E-state index contributed by atoms with van der Waals surface area (Å²) in [6.07, 6.45) is -2.28. The van der Waals surface area contributed by atoms with Gasteiger partial charge in [0.15, 0.2) is 17.7 Å². The number of halogens is 2. The van der Waals surface area contributed by atoms with Crippen molar-refractivity contribution in [3.8, 4) is 0 Å². The molecule has 0 spiro atoms. The van der Waals surface area contributed by atoms with E-state index in [0.717, 1.165) is 0 Å². The highest BCUT2D eigenvalue weighted by atomic mass is 35.5. The molecule has 0 aliphatic carbocycles. The van der Waals surface area contributed by atoms with Gasteiger partial charge in [-0.1, -0.05) is 30.3 Å². The molecule has 0 saturated carbocycles. The first-order chi connectivity index (χ1) is 17.8. The topological polar surface area (TPSA) is 141 Å². The van der Waals surface area contributed by atoms with Crippen LogP contribution < -0.4 is 5.73 Å². The van der Waals surface area contributed by atoms with Crippen molar-refractivity contribution in [2.75, 3.05) is 25.6 Å². The number of hydrogen-bond donors (Lipinski definition) is 1. The fraction of sp³-hybridized carbons (Fsp3) is 0.458. The molecule has 1 aliphatic heterocycles.